The quantitative estimate of drug-likeness (QED) is 0.0541. The van der Waals surface area contributed by atoms with Crippen molar-refractivity contribution < 1.29 is 23.0 Å². The van der Waals surface area contributed by atoms with Gasteiger partial charge < -0.3 is 14.8 Å². The van der Waals surface area contributed by atoms with Crippen LogP contribution in [0.5, 0.6) is 0 Å². The Morgan fingerprint density at radius 3 is 2.00 bits per heavy atom. The van der Waals surface area contributed by atoms with Gasteiger partial charge in [0.15, 0.2) is 0 Å². The average molecular weight is 1060 g/mol. The number of nitriles is 1. The van der Waals surface area contributed by atoms with Gasteiger partial charge in [0.2, 0.25) is 5.16 Å². The summed E-state index contributed by atoms with van der Waals surface area (Å²) in [5.41, 5.74) is 4.76. The van der Waals surface area contributed by atoms with Crippen LogP contribution in [0.25, 0.3) is 11.1 Å². The lowest BCUT2D eigenvalue weighted by Crippen LogP contribution is -2.20. The summed E-state index contributed by atoms with van der Waals surface area (Å²) in [6.07, 6.45) is 5.49. The van der Waals surface area contributed by atoms with E-state index < -0.39 is 11.2 Å². The van der Waals surface area contributed by atoms with Gasteiger partial charge in [-0.05, 0) is 83.4 Å². The first-order valence-corrected chi connectivity index (χ1v) is 24.2. The van der Waals surface area contributed by atoms with Crippen LogP contribution in [0.2, 0.25) is 20.2 Å². The molecule has 11 rings (SSSR count). The molecule has 1 amide bonds. The van der Waals surface area contributed by atoms with Crippen LogP contribution >= 0.6 is 58.2 Å². The molecule has 2 saturated heterocycles. The molecule has 0 bridgehead atoms. The summed E-state index contributed by atoms with van der Waals surface area (Å²) >= 11 is 25.5. The topological polar surface area (TPSA) is 152 Å². The maximum Gasteiger partial charge on any atom is 0.258 e. The smallest absolute Gasteiger partial charge is 0.258 e. The van der Waals surface area contributed by atoms with Gasteiger partial charge >= 0.3 is 0 Å². The number of nitrogens with zero attached hydrogens (tertiary/aromatic N) is 8. The van der Waals surface area contributed by atoms with E-state index in [1.165, 1.54) is 36.9 Å². The number of thiocyanates is 1. The summed E-state index contributed by atoms with van der Waals surface area (Å²) in [6, 6.07) is 45.9. The zero-order valence-corrected chi connectivity index (χ0v) is 41.2. The first kappa shape index (κ1) is 50.0. The maximum absolute atomic E-state index is 13.8. The molecule has 2 fully saturated rings. The highest BCUT2D eigenvalue weighted by Crippen LogP contribution is 2.60. The molecule has 360 valence electrons. The molecule has 0 aliphatic carbocycles. The van der Waals surface area contributed by atoms with Gasteiger partial charge in [0.05, 0.1) is 18.7 Å². The molecule has 0 radical (unpaired) electrons. The molecule has 2 unspecified atom stereocenters. The van der Waals surface area contributed by atoms with Crippen LogP contribution in [0.3, 0.4) is 0 Å². The number of carbonyl (C=O) groups is 1. The Bertz CT molecular complexity index is 3390. The molecule has 6 aromatic carbocycles. The molecule has 3 aromatic heterocycles. The summed E-state index contributed by atoms with van der Waals surface area (Å²) in [4.78, 5) is 24.4. The van der Waals surface area contributed by atoms with Gasteiger partial charge in [-0.15, -0.1) is 0 Å². The van der Waals surface area contributed by atoms with Crippen LogP contribution in [-0.4, -0.2) is 40.4 Å². The van der Waals surface area contributed by atoms with Gasteiger partial charge in [-0.25, -0.2) is 33.1 Å². The first-order valence-electron chi connectivity index (χ1n) is 21.9. The average Bonchev–Trinajstić information content (AvgIpc) is 4.13. The summed E-state index contributed by atoms with van der Waals surface area (Å²) < 4.78 is 42.6. The molecule has 72 heavy (non-hydrogen) atoms. The highest BCUT2D eigenvalue weighted by Gasteiger charge is 2.60. The first-order chi connectivity index (χ1) is 35.0. The van der Waals surface area contributed by atoms with Crippen molar-refractivity contribution in [2.24, 2.45) is 0 Å². The van der Waals surface area contributed by atoms with Gasteiger partial charge in [0.1, 0.15) is 64.6 Å². The molecular weight excluding hydrogens is 1020 g/mol. The number of benzene rings is 6. The zero-order chi connectivity index (χ0) is 50.2. The third kappa shape index (κ3) is 11.2. The predicted molar refractivity (Wildman–Crippen MR) is 272 cm³/mol. The van der Waals surface area contributed by atoms with Crippen molar-refractivity contribution in [2.45, 2.75) is 41.7 Å². The minimum absolute atomic E-state index is 0.175. The van der Waals surface area contributed by atoms with E-state index in [9.17, 15) is 13.6 Å². The van der Waals surface area contributed by atoms with Crippen LogP contribution in [0, 0.1) is 22.3 Å². The van der Waals surface area contributed by atoms with Crippen LogP contribution in [0.1, 0.15) is 44.8 Å². The molecular formula is C53H37Cl4F2N9O3S. The van der Waals surface area contributed by atoms with Crippen molar-refractivity contribution in [3.63, 3.8) is 0 Å². The van der Waals surface area contributed by atoms with Crippen LogP contribution in [-0.2, 0) is 33.8 Å². The van der Waals surface area contributed by atoms with E-state index in [-0.39, 0.29) is 41.4 Å². The van der Waals surface area contributed by atoms with E-state index in [0.29, 0.717) is 43.6 Å². The van der Waals surface area contributed by atoms with E-state index >= 15 is 0 Å². The van der Waals surface area contributed by atoms with Crippen molar-refractivity contribution in [2.75, 3.05) is 5.32 Å². The standard InChI is InChI=1S/C18H12Cl2N2O.C18H12ClFN4OS.C17H13ClFN3O/c19-13-9-7-12(8-10-13)14-4-1-2-6-16(14)22-18(23)15-5-3-11-21-17(15)20;19-15-7-2-1-6-14(15)16-18(25-16,12-4-3-5-13(20)8-12)9-24-17(26-10-21)22-11-23-24;18-15-4-2-1-3-14(15)16-17(23-16,9-22-11-20-10-21-22)12-5-7-13(19)8-6-12/h1-11H,(H,22,23);1-8,11,16H,9H2;1-8,10-11,16H,9H2/t;16-,18-;/m.0./s1. The number of ether oxygens (including phenoxy) is 2. The number of para-hydroxylation sites is 1. The summed E-state index contributed by atoms with van der Waals surface area (Å²) in [5, 5.41) is 24.7. The molecule has 12 nitrogen and oxygen atoms in total. The molecule has 1 N–H and O–H groups in total. The molecule has 0 saturated carbocycles. The van der Waals surface area contributed by atoms with Crippen molar-refractivity contribution in [1.29, 1.82) is 5.26 Å². The third-order valence-electron chi connectivity index (χ3n) is 11.7. The fraction of sp³-hybridized carbons (Fsp3) is 0.113. The normalized spacial score (nSPS) is 18.3. The Kier molecular flexibility index (Phi) is 15.4. The van der Waals surface area contributed by atoms with Crippen LogP contribution in [0.4, 0.5) is 14.5 Å². The predicted octanol–water partition coefficient (Wildman–Crippen LogP) is 13.4. The fourth-order valence-corrected chi connectivity index (χ4v) is 9.38. The maximum atomic E-state index is 13.8. The number of halogens is 6. The van der Waals surface area contributed by atoms with Crippen molar-refractivity contribution in [3.8, 4) is 16.5 Å². The second-order valence-electron chi connectivity index (χ2n) is 16.2. The monoisotopic (exact) mass is 1060 g/mol. The van der Waals surface area contributed by atoms with Gasteiger partial charge in [-0.3, -0.25) is 4.79 Å². The second kappa shape index (κ2) is 22.2. The fourth-order valence-electron chi connectivity index (χ4n) is 8.18. The van der Waals surface area contributed by atoms with Crippen molar-refractivity contribution >= 4 is 69.8 Å². The Labute approximate surface area is 436 Å². The highest BCUT2D eigenvalue weighted by molar-refractivity contribution is 8.03. The van der Waals surface area contributed by atoms with Gasteiger partial charge in [0.25, 0.3) is 5.91 Å². The van der Waals surface area contributed by atoms with Gasteiger partial charge in [-0.1, -0.05) is 137 Å². The van der Waals surface area contributed by atoms with E-state index in [0.717, 1.165) is 39.6 Å². The lowest BCUT2D eigenvalue weighted by Gasteiger charge is -2.15. The summed E-state index contributed by atoms with van der Waals surface area (Å²) in [7, 11) is 0. The second-order valence-corrected chi connectivity index (χ2v) is 18.5. The molecule has 2 aliphatic heterocycles. The summed E-state index contributed by atoms with van der Waals surface area (Å²) in [5.74, 6) is -0.926. The van der Waals surface area contributed by atoms with E-state index in [1.807, 2.05) is 102 Å². The largest absolute Gasteiger partial charge is 0.354 e. The lowest BCUT2D eigenvalue weighted by molar-refractivity contribution is 0.102. The van der Waals surface area contributed by atoms with Crippen molar-refractivity contribution in [1.82, 2.24) is 34.5 Å². The van der Waals surface area contributed by atoms with Gasteiger partial charge in [-0.2, -0.15) is 15.5 Å². The molecule has 5 heterocycles. The van der Waals surface area contributed by atoms with Crippen molar-refractivity contribution in [3.05, 3.63) is 243 Å². The Balaban J connectivity index is 0.000000134. The Morgan fingerprint density at radius 2 is 1.36 bits per heavy atom. The molecule has 2 aliphatic rings. The molecule has 19 heteroatoms. The number of anilines is 1. The number of amides is 1. The number of aromatic nitrogens is 7. The zero-order valence-electron chi connectivity index (χ0n) is 37.4. The SMILES string of the molecule is Fc1ccc(C2(Cn3cncn3)OC2c2ccccc2Cl)cc1.N#CSc1ncnn1C[C@@]1(c2cccc(F)c2)O[C@H]1c1ccccc1Cl.O=C(Nc1ccccc1-c1ccc(Cl)cc1)c1cccnc1Cl. The summed E-state index contributed by atoms with van der Waals surface area (Å²) in [6.45, 7) is 0.769. The van der Waals surface area contributed by atoms with Crippen LogP contribution in [0.15, 0.2) is 188 Å². The minimum atomic E-state index is -0.828. The van der Waals surface area contributed by atoms with E-state index in [2.05, 4.69) is 30.5 Å². The molecule has 0 spiro atoms. The lowest BCUT2D eigenvalue weighted by atomic mass is 9.91. The van der Waals surface area contributed by atoms with E-state index in [4.69, 9.17) is 61.1 Å². The number of hydrogen-bond donors (Lipinski definition) is 1. The number of pyridine rings is 1. The van der Waals surface area contributed by atoms with Gasteiger partial charge in [0, 0.05) is 55.4 Å². The number of epoxide rings is 2. The van der Waals surface area contributed by atoms with Crippen LogP contribution < -0.4 is 5.32 Å². The third-order valence-corrected chi connectivity index (χ3v) is 13.5. The van der Waals surface area contributed by atoms with E-state index in [1.54, 1.807) is 58.3 Å². The minimum Gasteiger partial charge on any atom is -0.354 e. The molecule has 4 atom stereocenters. The number of rotatable bonds is 12. The number of carbonyl (C=O) groups excluding carboxylic acids is 1. The molecule has 9 aromatic rings. The number of hydrogen-bond acceptors (Lipinski definition) is 10. The Hall–Kier alpha value is -7.00. The number of nitrogens with one attached hydrogen (secondary N) is 1. The number of thioether (sulfide) groups is 1. The highest BCUT2D eigenvalue weighted by atomic mass is 35.5. The Morgan fingerprint density at radius 1 is 0.694 bits per heavy atom.